The fourth-order valence-corrected chi connectivity index (χ4v) is 5.15. The van der Waals surface area contributed by atoms with Gasteiger partial charge in [0, 0.05) is 31.9 Å². The van der Waals surface area contributed by atoms with E-state index in [4.69, 9.17) is 4.74 Å². The molecule has 7 heteroatoms. The fraction of sp³-hybridized carbons (Fsp3) is 0.500. The zero-order valence-electron chi connectivity index (χ0n) is 14.4. The average Bonchev–Trinajstić information content (AvgIpc) is 3.08. The second-order valence-corrected chi connectivity index (χ2v) is 8.75. The maximum absolute atomic E-state index is 13.1. The highest BCUT2D eigenvalue weighted by atomic mass is 32.2. The summed E-state index contributed by atoms with van der Waals surface area (Å²) in [5.74, 6) is 0. The van der Waals surface area contributed by atoms with Gasteiger partial charge in [0.25, 0.3) is 0 Å². The smallest absolute Gasteiger partial charge is 0.243 e. The van der Waals surface area contributed by atoms with Gasteiger partial charge in [-0.25, -0.2) is 8.42 Å². The molecule has 0 amide bonds. The zero-order valence-corrected chi connectivity index (χ0v) is 15.2. The molecule has 0 unspecified atom stereocenters. The fourth-order valence-electron chi connectivity index (χ4n) is 3.67. The van der Waals surface area contributed by atoms with E-state index in [1.54, 1.807) is 21.3 Å². The molecule has 1 aliphatic heterocycles. The zero-order chi connectivity index (χ0) is 17.4. The summed E-state index contributed by atoms with van der Waals surface area (Å²) in [6, 6.07) is 5.62. The minimum absolute atomic E-state index is 0.269. The predicted octanol–water partition coefficient (Wildman–Crippen LogP) is 2.06. The molecule has 2 heterocycles. The second-order valence-electron chi connectivity index (χ2n) is 6.81. The lowest BCUT2D eigenvalue weighted by molar-refractivity contribution is -0.00259. The van der Waals surface area contributed by atoms with Gasteiger partial charge in [-0.05, 0) is 48.9 Å². The second kappa shape index (κ2) is 6.55. The number of rotatable bonds is 3. The van der Waals surface area contributed by atoms with E-state index in [-0.39, 0.29) is 6.10 Å². The summed E-state index contributed by atoms with van der Waals surface area (Å²) in [6.07, 6.45) is 7.69. The molecular formula is C18H23N3O3S. The summed E-state index contributed by atoms with van der Waals surface area (Å²) in [5, 5.41) is 4.15. The molecule has 25 heavy (non-hydrogen) atoms. The number of hydrogen-bond acceptors (Lipinski definition) is 4. The molecule has 134 valence electrons. The molecule has 2 aromatic rings. The number of fused-ring (bicyclic) bond motifs is 1. The molecule has 0 saturated carbocycles. The van der Waals surface area contributed by atoms with Crippen molar-refractivity contribution in [1.82, 2.24) is 14.1 Å². The van der Waals surface area contributed by atoms with E-state index in [0.717, 1.165) is 24.8 Å². The number of nitrogens with zero attached hydrogens (tertiary/aromatic N) is 3. The third-order valence-corrected chi connectivity index (χ3v) is 6.94. The first kappa shape index (κ1) is 16.8. The lowest BCUT2D eigenvalue weighted by Crippen LogP contribution is -2.42. The Morgan fingerprint density at radius 3 is 2.76 bits per heavy atom. The molecule has 0 radical (unpaired) electrons. The van der Waals surface area contributed by atoms with Crippen LogP contribution < -0.4 is 0 Å². The van der Waals surface area contributed by atoms with Crippen LogP contribution in [0.5, 0.6) is 0 Å². The van der Waals surface area contributed by atoms with Gasteiger partial charge < -0.3 is 4.74 Å². The molecular weight excluding hydrogens is 338 g/mol. The van der Waals surface area contributed by atoms with Crippen LogP contribution in [-0.4, -0.2) is 42.2 Å². The predicted molar refractivity (Wildman–Crippen MR) is 93.7 cm³/mol. The summed E-state index contributed by atoms with van der Waals surface area (Å²) in [5.41, 5.74) is 3.39. The van der Waals surface area contributed by atoms with Gasteiger partial charge in [-0.2, -0.15) is 9.40 Å². The first-order valence-electron chi connectivity index (χ1n) is 8.76. The highest BCUT2D eigenvalue weighted by Crippen LogP contribution is 2.29. The Balaban J connectivity index is 1.59. The first-order valence-corrected chi connectivity index (χ1v) is 10.2. The summed E-state index contributed by atoms with van der Waals surface area (Å²) >= 11 is 0. The lowest BCUT2D eigenvalue weighted by atomic mass is 9.92. The van der Waals surface area contributed by atoms with Gasteiger partial charge in [0.15, 0.2) is 0 Å². The molecule has 2 aliphatic rings. The van der Waals surface area contributed by atoms with E-state index in [9.17, 15) is 8.42 Å². The van der Waals surface area contributed by atoms with Crippen LogP contribution in [0.4, 0.5) is 0 Å². The molecule has 1 saturated heterocycles. The Morgan fingerprint density at radius 1 is 1.20 bits per heavy atom. The number of aryl methyl sites for hydroxylation is 3. The summed E-state index contributed by atoms with van der Waals surface area (Å²) in [4.78, 5) is 0.403. The largest absolute Gasteiger partial charge is 0.371 e. The number of ether oxygens (including phenoxy) is 1. The van der Waals surface area contributed by atoms with E-state index in [1.165, 1.54) is 17.5 Å². The Labute approximate surface area is 148 Å². The molecule has 1 aliphatic carbocycles. The van der Waals surface area contributed by atoms with E-state index in [0.29, 0.717) is 24.6 Å². The van der Waals surface area contributed by atoms with Crippen molar-refractivity contribution in [3.63, 3.8) is 0 Å². The Hall–Kier alpha value is -1.70. The van der Waals surface area contributed by atoms with Crippen LogP contribution in [0.25, 0.3) is 0 Å². The summed E-state index contributed by atoms with van der Waals surface area (Å²) in [7, 11) is -1.66. The van der Waals surface area contributed by atoms with Crippen LogP contribution in [0.3, 0.4) is 0 Å². The molecule has 0 N–H and O–H groups in total. The number of hydrogen-bond donors (Lipinski definition) is 0. The molecule has 1 aromatic carbocycles. The third-order valence-electron chi connectivity index (χ3n) is 5.08. The Kier molecular flexibility index (Phi) is 4.39. The van der Waals surface area contributed by atoms with Crippen molar-refractivity contribution in [3.05, 3.63) is 47.3 Å². The summed E-state index contributed by atoms with van der Waals surface area (Å²) < 4.78 is 35.2. The highest BCUT2D eigenvalue weighted by Gasteiger charge is 2.32. The Morgan fingerprint density at radius 2 is 2.00 bits per heavy atom. The van der Waals surface area contributed by atoms with Gasteiger partial charge in [-0.15, -0.1) is 0 Å². The minimum atomic E-state index is -3.50. The van der Waals surface area contributed by atoms with Gasteiger partial charge in [-0.1, -0.05) is 6.07 Å². The van der Waals surface area contributed by atoms with Crippen molar-refractivity contribution in [3.8, 4) is 0 Å². The maximum atomic E-state index is 13.1. The van der Waals surface area contributed by atoms with Gasteiger partial charge in [-0.3, -0.25) is 4.68 Å². The molecule has 0 spiro atoms. The standard InChI is InChI=1S/C18H23N3O3S/c1-20-12-16(11-19-20)18-13-21(8-9-24-18)25(22,23)17-7-6-14-4-2-3-5-15(14)10-17/h6-7,10-12,18H,2-5,8-9,13H2,1H3/t18-/m0/s1. The summed E-state index contributed by atoms with van der Waals surface area (Å²) in [6.45, 7) is 1.10. The SMILES string of the molecule is Cn1cc([C@@H]2CN(S(=O)(=O)c3ccc4c(c3)CCCC4)CCO2)cn1. The van der Waals surface area contributed by atoms with Crippen molar-refractivity contribution in [2.24, 2.45) is 7.05 Å². The quantitative estimate of drug-likeness (QED) is 0.839. The Bertz CT molecular complexity index is 875. The van der Waals surface area contributed by atoms with Gasteiger partial charge in [0.1, 0.15) is 0 Å². The van der Waals surface area contributed by atoms with Crippen LogP contribution in [0.15, 0.2) is 35.5 Å². The monoisotopic (exact) mass is 361 g/mol. The van der Waals surface area contributed by atoms with Crippen molar-refractivity contribution < 1.29 is 13.2 Å². The van der Waals surface area contributed by atoms with E-state index in [2.05, 4.69) is 5.10 Å². The van der Waals surface area contributed by atoms with E-state index >= 15 is 0 Å². The molecule has 0 bridgehead atoms. The van der Waals surface area contributed by atoms with Crippen LogP contribution in [0.1, 0.15) is 35.6 Å². The van der Waals surface area contributed by atoms with Crippen molar-refractivity contribution in [1.29, 1.82) is 0 Å². The number of sulfonamides is 1. The van der Waals surface area contributed by atoms with Crippen LogP contribution in [0.2, 0.25) is 0 Å². The molecule has 1 atom stereocenters. The maximum Gasteiger partial charge on any atom is 0.243 e. The van der Waals surface area contributed by atoms with Crippen LogP contribution >= 0.6 is 0 Å². The highest BCUT2D eigenvalue weighted by molar-refractivity contribution is 7.89. The van der Waals surface area contributed by atoms with Crippen molar-refractivity contribution >= 4 is 10.0 Å². The first-order chi connectivity index (χ1) is 12.0. The average molecular weight is 361 g/mol. The van der Waals surface area contributed by atoms with Crippen molar-refractivity contribution in [2.45, 2.75) is 36.7 Å². The normalized spacial score (nSPS) is 21.9. The van der Waals surface area contributed by atoms with E-state index < -0.39 is 10.0 Å². The lowest BCUT2D eigenvalue weighted by Gasteiger charge is -2.32. The van der Waals surface area contributed by atoms with E-state index in [1.807, 2.05) is 25.4 Å². The van der Waals surface area contributed by atoms with Crippen LogP contribution in [0, 0.1) is 0 Å². The number of morpholine rings is 1. The molecule has 1 aromatic heterocycles. The molecule has 1 fully saturated rings. The van der Waals surface area contributed by atoms with Gasteiger partial charge in [0.05, 0.1) is 23.8 Å². The molecule has 6 nitrogen and oxygen atoms in total. The van der Waals surface area contributed by atoms with Gasteiger partial charge >= 0.3 is 0 Å². The number of benzene rings is 1. The number of aromatic nitrogens is 2. The minimum Gasteiger partial charge on any atom is -0.371 e. The van der Waals surface area contributed by atoms with Crippen LogP contribution in [-0.2, 0) is 34.6 Å². The van der Waals surface area contributed by atoms with Crippen molar-refractivity contribution in [2.75, 3.05) is 19.7 Å². The topological polar surface area (TPSA) is 64.4 Å². The molecule has 4 rings (SSSR count). The van der Waals surface area contributed by atoms with Gasteiger partial charge in [0.2, 0.25) is 10.0 Å². The third kappa shape index (κ3) is 3.23.